The van der Waals surface area contributed by atoms with Gasteiger partial charge in [0.25, 0.3) is 0 Å². The summed E-state index contributed by atoms with van der Waals surface area (Å²) in [5.41, 5.74) is 7.04. The van der Waals surface area contributed by atoms with E-state index in [1.165, 1.54) is 12.1 Å². The summed E-state index contributed by atoms with van der Waals surface area (Å²) in [7, 11) is 0. The Morgan fingerprint density at radius 2 is 1.71 bits per heavy atom. The van der Waals surface area contributed by atoms with Crippen molar-refractivity contribution < 1.29 is 17.7 Å². The quantitative estimate of drug-likeness (QED) is 0.772. The number of aromatic nitrogens is 1. The molecule has 1 aromatic carbocycles. The van der Waals surface area contributed by atoms with Gasteiger partial charge in [0, 0.05) is 6.07 Å². The van der Waals surface area contributed by atoms with E-state index >= 15 is 0 Å². The zero-order valence-corrected chi connectivity index (χ0v) is 11.4. The van der Waals surface area contributed by atoms with Gasteiger partial charge in [-0.25, -0.2) is 8.78 Å². The van der Waals surface area contributed by atoms with Crippen molar-refractivity contribution in [2.75, 3.05) is 5.73 Å². The fourth-order valence-corrected chi connectivity index (χ4v) is 2.32. The summed E-state index contributed by atoms with van der Waals surface area (Å²) in [5, 5.41) is 3.70. The summed E-state index contributed by atoms with van der Waals surface area (Å²) in [6.45, 7) is 3.55. The molecule has 2 heterocycles. The molecule has 3 rings (SSSR count). The second kappa shape index (κ2) is 4.73. The molecule has 0 unspecified atom stereocenters. The van der Waals surface area contributed by atoms with Gasteiger partial charge >= 0.3 is 0 Å². The number of hydrogen-bond acceptors (Lipinski definition) is 4. The molecule has 108 valence electrons. The van der Waals surface area contributed by atoms with Gasteiger partial charge < -0.3 is 14.7 Å². The molecule has 4 nitrogen and oxygen atoms in total. The molecule has 6 heteroatoms. The molecule has 0 aliphatic rings. The van der Waals surface area contributed by atoms with Crippen molar-refractivity contribution in [3.8, 4) is 22.5 Å². The van der Waals surface area contributed by atoms with E-state index in [0.717, 1.165) is 6.07 Å². The molecular formula is C15H12F2N2O2. The smallest absolute Gasteiger partial charge is 0.180 e. The van der Waals surface area contributed by atoms with Crippen molar-refractivity contribution >= 4 is 5.82 Å². The molecule has 0 bridgehead atoms. The second-order valence-electron chi connectivity index (χ2n) is 4.76. The Morgan fingerprint density at radius 3 is 2.29 bits per heavy atom. The van der Waals surface area contributed by atoms with Gasteiger partial charge in [-0.05, 0) is 37.6 Å². The van der Waals surface area contributed by atoms with Crippen LogP contribution in [0, 0.1) is 25.5 Å². The first-order valence-electron chi connectivity index (χ1n) is 6.24. The predicted octanol–water partition coefficient (Wildman–Crippen LogP) is 4.08. The molecule has 21 heavy (non-hydrogen) atoms. The van der Waals surface area contributed by atoms with E-state index in [-0.39, 0.29) is 11.4 Å². The third-order valence-electron chi connectivity index (χ3n) is 3.16. The Bertz CT molecular complexity index is 801. The van der Waals surface area contributed by atoms with Crippen LogP contribution in [-0.4, -0.2) is 5.16 Å². The van der Waals surface area contributed by atoms with Crippen LogP contribution in [-0.2, 0) is 0 Å². The molecule has 0 saturated heterocycles. The zero-order chi connectivity index (χ0) is 15.1. The first kappa shape index (κ1) is 13.4. The highest BCUT2D eigenvalue weighted by Gasteiger charge is 2.22. The lowest BCUT2D eigenvalue weighted by atomic mass is 10.0. The van der Waals surface area contributed by atoms with Gasteiger partial charge in [-0.2, -0.15) is 0 Å². The van der Waals surface area contributed by atoms with Gasteiger partial charge in [0.15, 0.2) is 11.6 Å². The average molecular weight is 290 g/mol. The van der Waals surface area contributed by atoms with E-state index in [1.54, 1.807) is 19.9 Å². The standard InChI is InChI=1S/C15H12F2N2O2/c1-7-3-12(8(2)20-7)14-13(15(18)19-21-14)9-4-10(16)6-11(17)5-9/h3-6H,1-2H3,(H2,18,19). The van der Waals surface area contributed by atoms with Crippen molar-refractivity contribution in [1.29, 1.82) is 0 Å². The number of aryl methyl sites for hydroxylation is 2. The maximum Gasteiger partial charge on any atom is 0.180 e. The van der Waals surface area contributed by atoms with Crippen LogP contribution < -0.4 is 5.73 Å². The molecule has 0 atom stereocenters. The zero-order valence-electron chi connectivity index (χ0n) is 11.4. The molecule has 0 radical (unpaired) electrons. The van der Waals surface area contributed by atoms with Gasteiger partial charge in [-0.15, -0.1) is 0 Å². The summed E-state index contributed by atoms with van der Waals surface area (Å²) in [6.07, 6.45) is 0. The van der Waals surface area contributed by atoms with Crippen LogP contribution in [0.15, 0.2) is 33.2 Å². The van der Waals surface area contributed by atoms with Crippen molar-refractivity contribution in [2.45, 2.75) is 13.8 Å². The summed E-state index contributed by atoms with van der Waals surface area (Å²) in [5.74, 6) is 0.295. The second-order valence-corrected chi connectivity index (χ2v) is 4.76. The largest absolute Gasteiger partial charge is 0.466 e. The Kier molecular flexibility index (Phi) is 3.01. The minimum absolute atomic E-state index is 0.0632. The van der Waals surface area contributed by atoms with Crippen LogP contribution in [0.3, 0.4) is 0 Å². The van der Waals surface area contributed by atoms with Crippen LogP contribution in [0.1, 0.15) is 11.5 Å². The lowest BCUT2D eigenvalue weighted by molar-refractivity contribution is 0.434. The third kappa shape index (κ3) is 2.29. The number of nitrogens with zero attached hydrogens (tertiary/aromatic N) is 1. The minimum Gasteiger partial charge on any atom is -0.466 e. The first-order chi connectivity index (χ1) is 9.95. The van der Waals surface area contributed by atoms with Crippen molar-refractivity contribution in [3.63, 3.8) is 0 Å². The molecule has 0 aliphatic heterocycles. The van der Waals surface area contributed by atoms with Crippen molar-refractivity contribution in [1.82, 2.24) is 5.16 Å². The molecule has 0 amide bonds. The Balaban J connectivity index is 2.24. The Hall–Kier alpha value is -2.63. The monoisotopic (exact) mass is 290 g/mol. The molecule has 0 fully saturated rings. The highest BCUT2D eigenvalue weighted by molar-refractivity contribution is 5.87. The van der Waals surface area contributed by atoms with Crippen LogP contribution in [0.4, 0.5) is 14.6 Å². The number of nitrogens with two attached hydrogens (primary N) is 1. The number of rotatable bonds is 2. The number of hydrogen-bond donors (Lipinski definition) is 1. The highest BCUT2D eigenvalue weighted by atomic mass is 19.1. The number of furan rings is 1. The number of nitrogen functional groups attached to an aromatic ring is 1. The predicted molar refractivity (Wildman–Crippen MR) is 73.4 cm³/mol. The van der Waals surface area contributed by atoms with E-state index in [9.17, 15) is 8.78 Å². The van der Waals surface area contributed by atoms with Crippen molar-refractivity contribution in [3.05, 3.63) is 47.4 Å². The van der Waals surface area contributed by atoms with Gasteiger partial charge in [0.1, 0.15) is 23.2 Å². The van der Waals surface area contributed by atoms with Crippen LogP contribution in [0.5, 0.6) is 0 Å². The van der Waals surface area contributed by atoms with Gasteiger partial charge in [-0.3, -0.25) is 0 Å². The van der Waals surface area contributed by atoms with E-state index in [4.69, 9.17) is 14.7 Å². The van der Waals surface area contributed by atoms with E-state index < -0.39 is 11.6 Å². The molecule has 0 spiro atoms. The van der Waals surface area contributed by atoms with E-state index in [0.29, 0.717) is 28.4 Å². The average Bonchev–Trinajstić information content (AvgIpc) is 2.90. The molecule has 0 saturated carbocycles. The third-order valence-corrected chi connectivity index (χ3v) is 3.16. The lowest BCUT2D eigenvalue weighted by Crippen LogP contribution is -1.91. The van der Waals surface area contributed by atoms with Gasteiger partial charge in [0.2, 0.25) is 0 Å². The summed E-state index contributed by atoms with van der Waals surface area (Å²) < 4.78 is 37.5. The van der Waals surface area contributed by atoms with Crippen LogP contribution in [0.25, 0.3) is 22.5 Å². The minimum atomic E-state index is -0.698. The Morgan fingerprint density at radius 1 is 1.05 bits per heavy atom. The summed E-state index contributed by atoms with van der Waals surface area (Å²) in [4.78, 5) is 0. The number of benzene rings is 1. The van der Waals surface area contributed by atoms with Crippen molar-refractivity contribution in [2.24, 2.45) is 0 Å². The molecule has 0 aliphatic carbocycles. The van der Waals surface area contributed by atoms with Gasteiger partial charge in [-0.1, -0.05) is 5.16 Å². The topological polar surface area (TPSA) is 65.2 Å². The SMILES string of the molecule is Cc1cc(-c2onc(N)c2-c2cc(F)cc(F)c2)c(C)o1. The van der Waals surface area contributed by atoms with E-state index in [2.05, 4.69) is 5.16 Å². The van der Waals surface area contributed by atoms with E-state index in [1.807, 2.05) is 0 Å². The fraction of sp³-hybridized carbons (Fsp3) is 0.133. The highest BCUT2D eigenvalue weighted by Crippen LogP contribution is 2.39. The number of anilines is 1. The molecule has 2 aromatic heterocycles. The maximum absolute atomic E-state index is 13.4. The fourth-order valence-electron chi connectivity index (χ4n) is 2.32. The molecule has 3 aromatic rings. The maximum atomic E-state index is 13.4. The Labute approximate surface area is 119 Å². The first-order valence-corrected chi connectivity index (χ1v) is 6.24. The lowest BCUT2D eigenvalue weighted by Gasteiger charge is -2.03. The molecular weight excluding hydrogens is 278 g/mol. The van der Waals surface area contributed by atoms with Crippen LogP contribution >= 0.6 is 0 Å². The van der Waals surface area contributed by atoms with Crippen LogP contribution in [0.2, 0.25) is 0 Å². The van der Waals surface area contributed by atoms with Gasteiger partial charge in [0.05, 0.1) is 11.1 Å². The molecule has 2 N–H and O–H groups in total. The normalized spacial score (nSPS) is 11.0. The number of halogens is 2. The summed E-state index contributed by atoms with van der Waals surface area (Å²) in [6, 6.07) is 4.91. The summed E-state index contributed by atoms with van der Waals surface area (Å²) >= 11 is 0.